The third-order valence-corrected chi connectivity index (χ3v) is 4.47. The lowest BCUT2D eigenvalue weighted by atomic mass is 10.1. The maximum atomic E-state index is 12.1. The molecule has 0 saturated heterocycles. The minimum atomic E-state index is -3.54. The van der Waals surface area contributed by atoms with Crippen molar-refractivity contribution in [2.24, 2.45) is 5.73 Å². The fraction of sp³-hybridized carbons (Fsp3) is 0.500. The average Bonchev–Trinajstić information content (AvgIpc) is 2.28. The second-order valence-corrected chi connectivity index (χ2v) is 6.54. The molecule has 2 unspecified atom stereocenters. The molecule has 0 aliphatic carbocycles. The standard InChI is InChI=1S/C12H20N2O3S/c1-9(15)8-14(3)18(16,17)12-6-4-11(5-7-12)10(2)13/h4-7,9-10,15H,8,13H2,1-3H3. The Bertz CT molecular complexity index is 481. The van der Waals surface area contributed by atoms with Crippen molar-refractivity contribution in [1.29, 1.82) is 0 Å². The molecule has 0 aliphatic heterocycles. The molecule has 18 heavy (non-hydrogen) atoms. The lowest BCUT2D eigenvalue weighted by Gasteiger charge is -2.19. The van der Waals surface area contributed by atoms with Crippen LogP contribution in [0.3, 0.4) is 0 Å². The van der Waals surface area contributed by atoms with E-state index in [0.29, 0.717) is 0 Å². The van der Waals surface area contributed by atoms with E-state index in [-0.39, 0.29) is 17.5 Å². The molecule has 0 saturated carbocycles. The van der Waals surface area contributed by atoms with E-state index >= 15 is 0 Å². The summed E-state index contributed by atoms with van der Waals surface area (Å²) in [5, 5.41) is 9.23. The van der Waals surface area contributed by atoms with Crippen LogP contribution in [0, 0.1) is 0 Å². The number of rotatable bonds is 5. The van der Waals surface area contributed by atoms with Crippen LogP contribution < -0.4 is 5.73 Å². The first-order chi connectivity index (χ1) is 8.25. The Labute approximate surface area is 108 Å². The van der Waals surface area contributed by atoms with Gasteiger partial charge in [-0.15, -0.1) is 0 Å². The number of aliphatic hydroxyl groups is 1. The molecule has 1 rings (SSSR count). The summed E-state index contributed by atoms with van der Waals surface area (Å²) in [6.45, 7) is 3.45. The van der Waals surface area contributed by atoms with Crippen LogP contribution in [-0.2, 0) is 10.0 Å². The van der Waals surface area contributed by atoms with E-state index in [4.69, 9.17) is 5.73 Å². The monoisotopic (exact) mass is 272 g/mol. The fourth-order valence-corrected chi connectivity index (χ4v) is 2.85. The van der Waals surface area contributed by atoms with Crippen LogP contribution in [0.25, 0.3) is 0 Å². The zero-order valence-corrected chi connectivity index (χ0v) is 11.7. The van der Waals surface area contributed by atoms with Crippen molar-refractivity contribution in [2.45, 2.75) is 30.9 Å². The van der Waals surface area contributed by atoms with Gasteiger partial charge in [0, 0.05) is 19.6 Å². The predicted molar refractivity (Wildman–Crippen MR) is 70.5 cm³/mol. The molecule has 0 heterocycles. The van der Waals surface area contributed by atoms with Gasteiger partial charge in [-0.25, -0.2) is 8.42 Å². The molecular weight excluding hydrogens is 252 g/mol. The molecule has 3 N–H and O–H groups in total. The molecule has 0 radical (unpaired) electrons. The molecule has 5 nitrogen and oxygen atoms in total. The van der Waals surface area contributed by atoms with E-state index in [1.54, 1.807) is 19.1 Å². The highest BCUT2D eigenvalue weighted by molar-refractivity contribution is 7.89. The summed E-state index contributed by atoms with van der Waals surface area (Å²) in [6, 6.07) is 6.35. The van der Waals surface area contributed by atoms with E-state index in [9.17, 15) is 13.5 Å². The first-order valence-electron chi connectivity index (χ1n) is 5.75. The summed E-state index contributed by atoms with van der Waals surface area (Å²) < 4.78 is 25.4. The third-order valence-electron chi connectivity index (χ3n) is 2.64. The van der Waals surface area contributed by atoms with E-state index in [0.717, 1.165) is 9.87 Å². The van der Waals surface area contributed by atoms with Crippen LogP contribution in [0.2, 0.25) is 0 Å². The number of likely N-dealkylation sites (N-methyl/N-ethyl adjacent to an activating group) is 1. The normalized spacial score (nSPS) is 15.7. The van der Waals surface area contributed by atoms with Crippen molar-refractivity contribution < 1.29 is 13.5 Å². The van der Waals surface area contributed by atoms with Crippen LogP contribution in [0.15, 0.2) is 29.2 Å². The maximum absolute atomic E-state index is 12.1. The minimum Gasteiger partial charge on any atom is -0.392 e. The van der Waals surface area contributed by atoms with Crippen LogP contribution in [0.4, 0.5) is 0 Å². The van der Waals surface area contributed by atoms with Crippen molar-refractivity contribution in [3.63, 3.8) is 0 Å². The smallest absolute Gasteiger partial charge is 0.242 e. The van der Waals surface area contributed by atoms with Gasteiger partial charge in [0.15, 0.2) is 0 Å². The first-order valence-corrected chi connectivity index (χ1v) is 7.19. The molecule has 2 atom stereocenters. The molecule has 0 bridgehead atoms. The zero-order chi connectivity index (χ0) is 13.9. The van der Waals surface area contributed by atoms with Gasteiger partial charge in [-0.05, 0) is 31.5 Å². The van der Waals surface area contributed by atoms with Crippen molar-refractivity contribution in [1.82, 2.24) is 4.31 Å². The molecule has 0 spiro atoms. The van der Waals surface area contributed by atoms with Crippen LogP contribution in [0.5, 0.6) is 0 Å². The lowest BCUT2D eigenvalue weighted by Crippen LogP contribution is -2.33. The number of sulfonamides is 1. The molecule has 0 amide bonds. The van der Waals surface area contributed by atoms with Gasteiger partial charge in [-0.2, -0.15) is 4.31 Å². The molecular formula is C12H20N2O3S. The highest BCUT2D eigenvalue weighted by atomic mass is 32.2. The van der Waals surface area contributed by atoms with Crippen LogP contribution in [0.1, 0.15) is 25.5 Å². The molecule has 6 heteroatoms. The Kier molecular flexibility index (Phi) is 4.86. The molecule has 0 aliphatic rings. The van der Waals surface area contributed by atoms with Gasteiger partial charge in [-0.3, -0.25) is 0 Å². The number of hydrogen-bond acceptors (Lipinski definition) is 4. The maximum Gasteiger partial charge on any atom is 0.242 e. The number of nitrogens with two attached hydrogens (primary N) is 1. The van der Waals surface area contributed by atoms with Gasteiger partial charge in [0.05, 0.1) is 11.0 Å². The molecule has 102 valence electrons. The SMILES string of the molecule is CC(O)CN(C)S(=O)(=O)c1ccc(C(C)N)cc1. The van der Waals surface area contributed by atoms with E-state index < -0.39 is 16.1 Å². The predicted octanol–water partition coefficient (Wildman–Crippen LogP) is 0.708. The summed E-state index contributed by atoms with van der Waals surface area (Å²) in [5.41, 5.74) is 6.59. The third kappa shape index (κ3) is 3.52. The number of benzene rings is 1. The Hall–Kier alpha value is -0.950. The fourth-order valence-electron chi connectivity index (χ4n) is 1.59. The summed E-state index contributed by atoms with van der Waals surface area (Å²) in [7, 11) is -2.10. The minimum absolute atomic E-state index is 0.0668. The van der Waals surface area contributed by atoms with E-state index in [2.05, 4.69) is 0 Å². The topological polar surface area (TPSA) is 83.6 Å². The number of aliphatic hydroxyl groups excluding tert-OH is 1. The van der Waals surface area contributed by atoms with Gasteiger partial charge >= 0.3 is 0 Å². The Morgan fingerprint density at radius 3 is 2.17 bits per heavy atom. The van der Waals surface area contributed by atoms with E-state index in [1.165, 1.54) is 19.2 Å². The van der Waals surface area contributed by atoms with Crippen molar-refractivity contribution in [3.8, 4) is 0 Å². The van der Waals surface area contributed by atoms with Gasteiger partial charge in [0.25, 0.3) is 0 Å². The second-order valence-electron chi connectivity index (χ2n) is 4.49. The molecule has 1 aromatic rings. The molecule has 0 fully saturated rings. The van der Waals surface area contributed by atoms with Gasteiger partial charge in [0.1, 0.15) is 0 Å². The molecule has 1 aromatic carbocycles. The lowest BCUT2D eigenvalue weighted by molar-refractivity contribution is 0.171. The average molecular weight is 272 g/mol. The summed E-state index contributed by atoms with van der Waals surface area (Å²) in [6.07, 6.45) is -0.701. The van der Waals surface area contributed by atoms with Gasteiger partial charge in [-0.1, -0.05) is 12.1 Å². The summed E-state index contributed by atoms with van der Waals surface area (Å²) in [4.78, 5) is 0.204. The summed E-state index contributed by atoms with van der Waals surface area (Å²) >= 11 is 0. The van der Waals surface area contributed by atoms with Gasteiger partial charge in [0.2, 0.25) is 10.0 Å². The Morgan fingerprint density at radius 2 is 1.78 bits per heavy atom. The van der Waals surface area contributed by atoms with Crippen molar-refractivity contribution in [3.05, 3.63) is 29.8 Å². The highest BCUT2D eigenvalue weighted by Crippen LogP contribution is 2.17. The first kappa shape index (κ1) is 15.1. The van der Waals surface area contributed by atoms with Crippen LogP contribution >= 0.6 is 0 Å². The number of hydrogen-bond donors (Lipinski definition) is 2. The Balaban J connectivity index is 2.98. The largest absolute Gasteiger partial charge is 0.392 e. The zero-order valence-electron chi connectivity index (χ0n) is 10.9. The number of nitrogens with zero attached hydrogens (tertiary/aromatic N) is 1. The summed E-state index contributed by atoms with van der Waals surface area (Å²) in [5.74, 6) is 0. The van der Waals surface area contributed by atoms with E-state index in [1.807, 2.05) is 6.92 Å². The van der Waals surface area contributed by atoms with Gasteiger partial charge < -0.3 is 10.8 Å². The van der Waals surface area contributed by atoms with Crippen molar-refractivity contribution in [2.75, 3.05) is 13.6 Å². The highest BCUT2D eigenvalue weighted by Gasteiger charge is 2.21. The molecule has 0 aromatic heterocycles. The van der Waals surface area contributed by atoms with Crippen LogP contribution in [-0.4, -0.2) is 37.5 Å². The van der Waals surface area contributed by atoms with Crippen molar-refractivity contribution >= 4 is 10.0 Å². The quantitative estimate of drug-likeness (QED) is 0.827. The Morgan fingerprint density at radius 1 is 1.28 bits per heavy atom. The second kappa shape index (κ2) is 5.79.